The summed E-state index contributed by atoms with van der Waals surface area (Å²) < 4.78 is 10.8. The number of nitrogens with one attached hydrogen (secondary N) is 1. The number of anilines is 1. The first-order chi connectivity index (χ1) is 14.5. The number of amides is 1. The molecule has 0 saturated heterocycles. The van der Waals surface area contributed by atoms with Gasteiger partial charge in [-0.05, 0) is 61.5 Å². The van der Waals surface area contributed by atoms with Gasteiger partial charge in [-0.2, -0.15) is 0 Å². The lowest BCUT2D eigenvalue weighted by molar-refractivity contribution is 0.102. The van der Waals surface area contributed by atoms with Crippen LogP contribution in [0.4, 0.5) is 5.69 Å². The van der Waals surface area contributed by atoms with Crippen LogP contribution in [0.5, 0.6) is 5.75 Å². The number of carbonyl (C=O) groups is 1. The molecule has 1 aromatic heterocycles. The van der Waals surface area contributed by atoms with Crippen molar-refractivity contribution in [1.82, 2.24) is 4.98 Å². The molecule has 3 aromatic carbocycles. The van der Waals surface area contributed by atoms with E-state index in [2.05, 4.69) is 10.3 Å². The second kappa shape index (κ2) is 8.39. The Morgan fingerprint density at radius 2 is 1.87 bits per heavy atom. The lowest BCUT2D eigenvalue weighted by atomic mass is 10.1. The highest BCUT2D eigenvalue weighted by atomic mass is 35.5. The van der Waals surface area contributed by atoms with Crippen molar-refractivity contribution in [2.24, 2.45) is 0 Å². The van der Waals surface area contributed by atoms with Gasteiger partial charge in [0.25, 0.3) is 5.91 Å². The molecule has 0 saturated carbocycles. The van der Waals surface area contributed by atoms with Gasteiger partial charge in [-0.25, -0.2) is 9.78 Å². The minimum absolute atomic E-state index is 0.213. The number of rotatable bonds is 5. The van der Waals surface area contributed by atoms with Crippen molar-refractivity contribution >= 4 is 34.1 Å². The fourth-order valence-corrected chi connectivity index (χ4v) is 3.17. The van der Waals surface area contributed by atoms with E-state index < -0.39 is 5.63 Å². The average Bonchev–Trinajstić information content (AvgIpc) is 2.75. The Balaban J connectivity index is 1.58. The predicted molar refractivity (Wildman–Crippen MR) is 116 cm³/mol. The van der Waals surface area contributed by atoms with Crippen LogP contribution in [0.2, 0.25) is 5.02 Å². The highest BCUT2D eigenvalue weighted by molar-refractivity contribution is 6.31. The first-order valence-corrected chi connectivity index (χ1v) is 9.67. The molecule has 7 heteroatoms. The van der Waals surface area contributed by atoms with Crippen molar-refractivity contribution in [3.8, 4) is 17.2 Å². The summed E-state index contributed by atoms with van der Waals surface area (Å²) in [5, 5.41) is 3.68. The summed E-state index contributed by atoms with van der Waals surface area (Å²) in [6, 6.07) is 18.7. The van der Waals surface area contributed by atoms with Crippen LogP contribution in [0.3, 0.4) is 0 Å². The van der Waals surface area contributed by atoms with E-state index in [9.17, 15) is 9.59 Å². The molecule has 150 valence electrons. The third kappa shape index (κ3) is 4.04. The summed E-state index contributed by atoms with van der Waals surface area (Å²) in [4.78, 5) is 29.3. The van der Waals surface area contributed by atoms with Crippen LogP contribution < -0.4 is 15.7 Å². The molecule has 6 nitrogen and oxygen atoms in total. The third-order valence-corrected chi connectivity index (χ3v) is 4.65. The maximum Gasteiger partial charge on any atom is 0.347 e. The zero-order valence-corrected chi connectivity index (χ0v) is 16.8. The Bertz CT molecular complexity index is 1280. The van der Waals surface area contributed by atoms with E-state index in [1.54, 1.807) is 60.7 Å². The second-order valence-electron chi connectivity index (χ2n) is 6.43. The molecule has 0 unspecified atom stereocenters. The van der Waals surface area contributed by atoms with Crippen LogP contribution in [-0.4, -0.2) is 17.5 Å². The summed E-state index contributed by atoms with van der Waals surface area (Å²) in [7, 11) is 0. The number of nitrogens with zero attached hydrogens (tertiary/aromatic N) is 1. The van der Waals surface area contributed by atoms with Crippen LogP contribution in [0.15, 0.2) is 75.9 Å². The third-order valence-electron chi connectivity index (χ3n) is 4.41. The largest absolute Gasteiger partial charge is 0.493 e. The van der Waals surface area contributed by atoms with E-state index in [0.717, 1.165) is 0 Å². The Morgan fingerprint density at radius 3 is 2.63 bits per heavy atom. The number of ether oxygens (including phenoxy) is 1. The SMILES string of the molecule is CCOc1ccc(Cl)cc1C(=O)Nc1ccc(-c2nc3ccccc3c(=O)o2)cc1. The first-order valence-electron chi connectivity index (χ1n) is 9.29. The van der Waals surface area contributed by atoms with Crippen molar-refractivity contribution in [3.63, 3.8) is 0 Å². The maximum absolute atomic E-state index is 12.7. The van der Waals surface area contributed by atoms with Crippen molar-refractivity contribution in [2.75, 3.05) is 11.9 Å². The predicted octanol–water partition coefficient (Wildman–Crippen LogP) is 5.16. The zero-order valence-electron chi connectivity index (χ0n) is 16.0. The Labute approximate surface area is 177 Å². The smallest absolute Gasteiger partial charge is 0.347 e. The molecule has 0 bridgehead atoms. The molecule has 1 heterocycles. The van der Waals surface area contributed by atoms with Gasteiger partial charge in [0.1, 0.15) is 5.75 Å². The number of hydrogen-bond acceptors (Lipinski definition) is 5. The van der Waals surface area contributed by atoms with Gasteiger partial charge in [0.05, 0.1) is 23.1 Å². The maximum atomic E-state index is 12.7. The summed E-state index contributed by atoms with van der Waals surface area (Å²) in [5.41, 5.74) is 1.64. The van der Waals surface area contributed by atoms with Gasteiger partial charge in [-0.1, -0.05) is 23.7 Å². The van der Waals surface area contributed by atoms with Gasteiger partial charge >= 0.3 is 5.63 Å². The Kier molecular flexibility index (Phi) is 5.50. The van der Waals surface area contributed by atoms with Gasteiger partial charge < -0.3 is 14.5 Å². The molecule has 1 N–H and O–H groups in total. The number of halogens is 1. The highest BCUT2D eigenvalue weighted by Gasteiger charge is 2.14. The van der Waals surface area contributed by atoms with Crippen molar-refractivity contribution < 1.29 is 13.9 Å². The molecule has 0 radical (unpaired) electrons. The lowest BCUT2D eigenvalue weighted by Gasteiger charge is -2.11. The normalized spacial score (nSPS) is 10.7. The molecule has 0 aliphatic heterocycles. The molecule has 1 amide bonds. The van der Waals surface area contributed by atoms with Crippen molar-refractivity contribution in [3.05, 3.63) is 87.7 Å². The highest BCUT2D eigenvalue weighted by Crippen LogP contribution is 2.25. The van der Waals surface area contributed by atoms with E-state index in [1.807, 2.05) is 13.0 Å². The molecule has 4 aromatic rings. The second-order valence-corrected chi connectivity index (χ2v) is 6.87. The zero-order chi connectivity index (χ0) is 21.1. The molecule has 0 aliphatic carbocycles. The first kappa shape index (κ1) is 19.7. The minimum atomic E-state index is -0.447. The van der Waals surface area contributed by atoms with E-state index in [-0.39, 0.29) is 11.8 Å². The van der Waals surface area contributed by atoms with Crippen molar-refractivity contribution in [2.45, 2.75) is 6.92 Å². The van der Waals surface area contributed by atoms with Crippen LogP contribution in [-0.2, 0) is 0 Å². The molecule has 30 heavy (non-hydrogen) atoms. The van der Waals surface area contributed by atoms with Crippen molar-refractivity contribution in [1.29, 1.82) is 0 Å². The molecular weight excluding hydrogens is 404 g/mol. The fourth-order valence-electron chi connectivity index (χ4n) is 3.00. The quantitative estimate of drug-likeness (QED) is 0.482. The summed E-state index contributed by atoms with van der Waals surface area (Å²) in [6.07, 6.45) is 0. The number of carbonyl (C=O) groups excluding carboxylic acids is 1. The number of aromatic nitrogens is 1. The van der Waals surface area contributed by atoms with Crippen LogP contribution in [0.25, 0.3) is 22.4 Å². The fraction of sp³-hybridized carbons (Fsp3) is 0.0870. The van der Waals surface area contributed by atoms with E-state index >= 15 is 0 Å². The van der Waals surface area contributed by atoms with Gasteiger partial charge in [0.15, 0.2) is 0 Å². The van der Waals surface area contributed by atoms with Gasteiger partial charge in [0, 0.05) is 16.3 Å². The molecule has 0 atom stereocenters. The monoisotopic (exact) mass is 420 g/mol. The molecular formula is C23H17ClN2O4. The number of fused-ring (bicyclic) bond motifs is 1. The molecule has 0 fully saturated rings. The van der Waals surface area contributed by atoms with E-state index in [1.165, 1.54) is 0 Å². The Hall–Kier alpha value is -3.64. The van der Waals surface area contributed by atoms with Crippen LogP contribution in [0, 0.1) is 0 Å². The number of para-hydroxylation sites is 1. The molecule has 0 aliphatic rings. The standard InChI is InChI=1S/C23H17ClN2O4/c1-2-29-20-12-9-15(24)13-18(20)21(27)25-16-10-7-14(8-11-16)22-26-19-6-4-3-5-17(19)23(28)30-22/h3-13H,2H2,1H3,(H,25,27). The minimum Gasteiger partial charge on any atom is -0.493 e. The topological polar surface area (TPSA) is 81.4 Å². The van der Waals surface area contributed by atoms with E-state index in [4.69, 9.17) is 20.8 Å². The Morgan fingerprint density at radius 1 is 1.10 bits per heavy atom. The van der Waals surface area contributed by atoms with Gasteiger partial charge in [-0.15, -0.1) is 0 Å². The van der Waals surface area contributed by atoms with Crippen LogP contribution >= 0.6 is 11.6 Å². The summed E-state index contributed by atoms with van der Waals surface area (Å²) in [5.74, 6) is 0.326. The van der Waals surface area contributed by atoms with E-state index in [0.29, 0.717) is 45.1 Å². The van der Waals surface area contributed by atoms with Gasteiger partial charge in [0.2, 0.25) is 5.89 Å². The average molecular weight is 421 g/mol. The van der Waals surface area contributed by atoms with Gasteiger partial charge in [-0.3, -0.25) is 4.79 Å². The lowest BCUT2D eigenvalue weighted by Crippen LogP contribution is -2.13. The number of hydrogen-bond donors (Lipinski definition) is 1. The summed E-state index contributed by atoms with van der Waals surface area (Å²) >= 11 is 6.03. The van der Waals surface area contributed by atoms with Crippen LogP contribution in [0.1, 0.15) is 17.3 Å². The number of benzene rings is 3. The summed E-state index contributed by atoms with van der Waals surface area (Å²) in [6.45, 7) is 2.27. The molecule has 0 spiro atoms. The molecule has 4 rings (SSSR count).